The lowest BCUT2D eigenvalue weighted by molar-refractivity contribution is 0.0938. The SMILES string of the molecule is CCN(CC)CCCC(C)NC(=O)c1cccc(C)c1N. The highest BCUT2D eigenvalue weighted by molar-refractivity contribution is 5.99. The van der Waals surface area contributed by atoms with Gasteiger partial charge in [-0.05, 0) is 58.0 Å². The van der Waals surface area contributed by atoms with Gasteiger partial charge in [-0.3, -0.25) is 4.79 Å². The van der Waals surface area contributed by atoms with Crippen LogP contribution < -0.4 is 11.1 Å². The van der Waals surface area contributed by atoms with Crippen LogP contribution in [-0.2, 0) is 0 Å². The molecule has 1 aromatic carbocycles. The van der Waals surface area contributed by atoms with Crippen LogP contribution in [0.4, 0.5) is 5.69 Å². The second-order valence-corrected chi connectivity index (χ2v) is 5.58. The van der Waals surface area contributed by atoms with Gasteiger partial charge in [0.15, 0.2) is 0 Å². The summed E-state index contributed by atoms with van der Waals surface area (Å²) in [6.45, 7) is 11.6. The fraction of sp³-hybridized carbons (Fsp3) is 0.588. The van der Waals surface area contributed by atoms with Gasteiger partial charge in [0.05, 0.1) is 5.56 Å². The van der Waals surface area contributed by atoms with Crippen LogP contribution >= 0.6 is 0 Å². The molecule has 0 fully saturated rings. The fourth-order valence-electron chi connectivity index (χ4n) is 2.41. The molecular weight excluding hydrogens is 262 g/mol. The Bertz CT molecular complexity index is 455. The number of rotatable bonds is 8. The molecule has 118 valence electrons. The molecule has 0 radical (unpaired) electrons. The van der Waals surface area contributed by atoms with E-state index >= 15 is 0 Å². The summed E-state index contributed by atoms with van der Waals surface area (Å²) in [7, 11) is 0. The Balaban J connectivity index is 2.45. The van der Waals surface area contributed by atoms with E-state index in [2.05, 4.69) is 24.1 Å². The van der Waals surface area contributed by atoms with Crippen LogP contribution in [0.1, 0.15) is 49.5 Å². The third kappa shape index (κ3) is 5.38. The second kappa shape index (κ2) is 8.67. The zero-order chi connectivity index (χ0) is 15.8. The third-order valence-electron chi connectivity index (χ3n) is 3.95. The number of amides is 1. The number of hydrogen-bond acceptors (Lipinski definition) is 3. The number of nitrogens with two attached hydrogens (primary N) is 1. The van der Waals surface area contributed by atoms with Gasteiger partial charge in [0.2, 0.25) is 0 Å². The van der Waals surface area contributed by atoms with Gasteiger partial charge in [-0.25, -0.2) is 0 Å². The molecule has 1 amide bonds. The van der Waals surface area contributed by atoms with Crippen LogP contribution in [0.2, 0.25) is 0 Å². The summed E-state index contributed by atoms with van der Waals surface area (Å²) in [5.74, 6) is -0.0773. The lowest BCUT2D eigenvalue weighted by Gasteiger charge is -2.20. The van der Waals surface area contributed by atoms with Crippen molar-refractivity contribution in [2.45, 2.75) is 46.6 Å². The molecule has 0 spiro atoms. The van der Waals surface area contributed by atoms with E-state index in [0.717, 1.165) is 38.0 Å². The van der Waals surface area contributed by atoms with Crippen molar-refractivity contribution in [3.63, 3.8) is 0 Å². The summed E-state index contributed by atoms with van der Waals surface area (Å²) in [5, 5.41) is 3.04. The van der Waals surface area contributed by atoms with Crippen LogP contribution in [0.15, 0.2) is 18.2 Å². The van der Waals surface area contributed by atoms with Crippen molar-refractivity contribution in [1.29, 1.82) is 0 Å². The Morgan fingerprint density at radius 2 is 2.00 bits per heavy atom. The molecule has 3 N–H and O–H groups in total. The van der Waals surface area contributed by atoms with E-state index in [4.69, 9.17) is 5.73 Å². The first kappa shape index (κ1) is 17.5. The minimum Gasteiger partial charge on any atom is -0.398 e. The number of hydrogen-bond donors (Lipinski definition) is 2. The predicted molar refractivity (Wildman–Crippen MR) is 89.5 cm³/mol. The second-order valence-electron chi connectivity index (χ2n) is 5.58. The number of nitrogen functional groups attached to an aromatic ring is 1. The first-order valence-corrected chi connectivity index (χ1v) is 7.87. The van der Waals surface area contributed by atoms with Crippen LogP contribution in [-0.4, -0.2) is 36.5 Å². The Morgan fingerprint density at radius 3 is 2.62 bits per heavy atom. The number of anilines is 1. The van der Waals surface area contributed by atoms with Gasteiger partial charge >= 0.3 is 0 Å². The smallest absolute Gasteiger partial charge is 0.253 e. The Morgan fingerprint density at radius 1 is 1.33 bits per heavy atom. The molecule has 4 heteroatoms. The van der Waals surface area contributed by atoms with E-state index in [1.54, 1.807) is 6.07 Å². The number of benzene rings is 1. The highest BCUT2D eigenvalue weighted by Gasteiger charge is 2.13. The van der Waals surface area contributed by atoms with Crippen LogP contribution in [0.25, 0.3) is 0 Å². The molecular formula is C17H29N3O. The topological polar surface area (TPSA) is 58.4 Å². The Labute approximate surface area is 128 Å². The predicted octanol–water partition coefficient (Wildman–Crippen LogP) is 2.82. The van der Waals surface area contributed by atoms with Crippen molar-refractivity contribution in [3.05, 3.63) is 29.3 Å². The average Bonchev–Trinajstić information content (AvgIpc) is 2.46. The summed E-state index contributed by atoms with van der Waals surface area (Å²) in [6, 6.07) is 5.72. The molecule has 1 rings (SSSR count). The van der Waals surface area contributed by atoms with Gasteiger partial charge in [-0.2, -0.15) is 0 Å². The van der Waals surface area contributed by atoms with Crippen molar-refractivity contribution < 1.29 is 4.79 Å². The summed E-state index contributed by atoms with van der Waals surface area (Å²) in [6.07, 6.45) is 2.07. The molecule has 0 aromatic heterocycles. The highest BCUT2D eigenvalue weighted by Crippen LogP contribution is 2.16. The lowest BCUT2D eigenvalue weighted by atomic mass is 10.1. The third-order valence-corrected chi connectivity index (χ3v) is 3.95. The van der Waals surface area contributed by atoms with Crippen LogP contribution in [0, 0.1) is 6.92 Å². The van der Waals surface area contributed by atoms with E-state index in [1.807, 2.05) is 26.0 Å². The van der Waals surface area contributed by atoms with Crippen molar-refractivity contribution in [2.24, 2.45) is 0 Å². The molecule has 0 aliphatic carbocycles. The fourth-order valence-corrected chi connectivity index (χ4v) is 2.41. The maximum atomic E-state index is 12.2. The molecule has 21 heavy (non-hydrogen) atoms. The molecule has 4 nitrogen and oxygen atoms in total. The lowest BCUT2D eigenvalue weighted by Crippen LogP contribution is -2.34. The van der Waals surface area contributed by atoms with Crippen LogP contribution in [0.3, 0.4) is 0 Å². The van der Waals surface area contributed by atoms with Gasteiger partial charge in [0.1, 0.15) is 0 Å². The van der Waals surface area contributed by atoms with E-state index in [1.165, 1.54) is 0 Å². The van der Waals surface area contributed by atoms with Gasteiger partial charge in [-0.1, -0.05) is 26.0 Å². The highest BCUT2D eigenvalue weighted by atomic mass is 16.1. The maximum absolute atomic E-state index is 12.2. The molecule has 0 aliphatic heterocycles. The van der Waals surface area contributed by atoms with Crippen molar-refractivity contribution in [1.82, 2.24) is 10.2 Å². The zero-order valence-corrected chi connectivity index (χ0v) is 13.8. The molecule has 1 unspecified atom stereocenters. The molecule has 0 saturated carbocycles. The quantitative estimate of drug-likeness (QED) is 0.724. The first-order chi connectivity index (χ1) is 9.99. The Kier molecular flexibility index (Phi) is 7.23. The average molecular weight is 291 g/mol. The maximum Gasteiger partial charge on any atom is 0.253 e. The summed E-state index contributed by atoms with van der Waals surface area (Å²) < 4.78 is 0. The molecule has 0 heterocycles. The largest absolute Gasteiger partial charge is 0.398 e. The van der Waals surface area contributed by atoms with E-state index in [9.17, 15) is 4.79 Å². The van der Waals surface area contributed by atoms with Crippen molar-refractivity contribution in [2.75, 3.05) is 25.4 Å². The molecule has 0 bridgehead atoms. The summed E-state index contributed by atoms with van der Waals surface area (Å²) in [5.41, 5.74) is 8.06. The monoisotopic (exact) mass is 291 g/mol. The van der Waals surface area contributed by atoms with Crippen LogP contribution in [0.5, 0.6) is 0 Å². The zero-order valence-electron chi connectivity index (χ0n) is 13.8. The number of carbonyl (C=O) groups excluding carboxylic acids is 1. The standard InChI is InChI=1S/C17H29N3O/c1-5-20(6-2)12-8-10-14(4)19-17(21)15-11-7-9-13(3)16(15)18/h7,9,11,14H,5-6,8,10,12,18H2,1-4H3,(H,19,21). The van der Waals surface area contributed by atoms with Gasteiger partial charge in [-0.15, -0.1) is 0 Å². The van der Waals surface area contributed by atoms with E-state index in [0.29, 0.717) is 11.3 Å². The van der Waals surface area contributed by atoms with E-state index in [-0.39, 0.29) is 11.9 Å². The molecule has 0 aliphatic rings. The Hall–Kier alpha value is -1.55. The number of para-hydroxylation sites is 1. The minimum absolute atomic E-state index is 0.0773. The van der Waals surface area contributed by atoms with Gasteiger partial charge in [0.25, 0.3) is 5.91 Å². The van der Waals surface area contributed by atoms with Gasteiger partial charge < -0.3 is 16.0 Å². The number of aryl methyl sites for hydroxylation is 1. The molecule has 1 atom stereocenters. The normalized spacial score (nSPS) is 12.4. The number of nitrogens with one attached hydrogen (secondary N) is 1. The molecule has 1 aromatic rings. The molecule has 0 saturated heterocycles. The van der Waals surface area contributed by atoms with E-state index < -0.39 is 0 Å². The van der Waals surface area contributed by atoms with Crippen molar-refractivity contribution >= 4 is 11.6 Å². The minimum atomic E-state index is -0.0773. The number of carbonyl (C=O) groups is 1. The number of nitrogens with zero attached hydrogens (tertiary/aromatic N) is 1. The van der Waals surface area contributed by atoms with Crippen molar-refractivity contribution in [3.8, 4) is 0 Å². The summed E-state index contributed by atoms with van der Waals surface area (Å²) >= 11 is 0. The summed E-state index contributed by atoms with van der Waals surface area (Å²) in [4.78, 5) is 14.6. The first-order valence-electron chi connectivity index (χ1n) is 7.87. The van der Waals surface area contributed by atoms with Gasteiger partial charge in [0, 0.05) is 11.7 Å².